The molecule has 0 radical (unpaired) electrons. The minimum Gasteiger partial charge on any atom is -0.356 e. The van der Waals surface area contributed by atoms with Crippen molar-refractivity contribution in [2.75, 3.05) is 24.5 Å². The largest absolute Gasteiger partial charge is 0.356 e. The molecule has 1 amide bonds. The van der Waals surface area contributed by atoms with Crippen molar-refractivity contribution in [3.63, 3.8) is 0 Å². The maximum absolute atomic E-state index is 13.0. The Morgan fingerprint density at radius 2 is 1.62 bits per heavy atom. The predicted molar refractivity (Wildman–Crippen MR) is 103 cm³/mol. The molecule has 3 heterocycles. The number of fused-ring (bicyclic) bond motifs is 1. The van der Waals surface area contributed by atoms with E-state index in [0.29, 0.717) is 12.5 Å². The molecule has 142 valence electrons. The van der Waals surface area contributed by atoms with Crippen molar-refractivity contribution in [2.24, 2.45) is 5.92 Å². The van der Waals surface area contributed by atoms with Crippen molar-refractivity contribution in [1.82, 2.24) is 14.9 Å². The molecule has 1 saturated heterocycles. The summed E-state index contributed by atoms with van der Waals surface area (Å²) in [7, 11) is 0. The number of carbonyl (C=O) groups excluding carboxylic acids is 1. The van der Waals surface area contributed by atoms with Gasteiger partial charge in [0.1, 0.15) is 11.6 Å². The monoisotopic (exact) mass is 356 g/mol. The van der Waals surface area contributed by atoms with Crippen LogP contribution in [0.1, 0.15) is 74.9 Å². The third-order valence-electron chi connectivity index (χ3n) is 6.32. The minimum absolute atomic E-state index is 0.248. The summed E-state index contributed by atoms with van der Waals surface area (Å²) in [5, 5.41) is 0. The minimum atomic E-state index is 0.248. The number of anilines is 1. The van der Waals surface area contributed by atoms with Gasteiger partial charge in [-0.25, -0.2) is 9.97 Å². The third-order valence-corrected chi connectivity index (χ3v) is 6.32. The quantitative estimate of drug-likeness (QED) is 0.812. The normalized spacial score (nSPS) is 22.0. The van der Waals surface area contributed by atoms with E-state index in [2.05, 4.69) is 9.80 Å². The standard InChI is InChI=1S/C21H32N4O/c1-16-22-19-11-14-25(21(26)17-9-5-4-6-10-17)15-18(19)20(23-16)24-12-7-2-3-8-13-24/h17H,2-15H2,1H3. The molecule has 0 N–H and O–H groups in total. The van der Waals surface area contributed by atoms with Crippen LogP contribution in [0.3, 0.4) is 0 Å². The van der Waals surface area contributed by atoms with Crippen LogP contribution in [0.25, 0.3) is 0 Å². The Kier molecular flexibility index (Phi) is 5.41. The summed E-state index contributed by atoms with van der Waals surface area (Å²) < 4.78 is 0. The Hall–Kier alpha value is -1.65. The number of amides is 1. The topological polar surface area (TPSA) is 49.3 Å². The zero-order valence-electron chi connectivity index (χ0n) is 16.2. The molecule has 1 aromatic rings. The van der Waals surface area contributed by atoms with Crippen molar-refractivity contribution >= 4 is 11.7 Å². The number of aromatic nitrogens is 2. The number of hydrogen-bond acceptors (Lipinski definition) is 4. The second-order valence-electron chi connectivity index (χ2n) is 8.27. The summed E-state index contributed by atoms with van der Waals surface area (Å²) >= 11 is 0. The van der Waals surface area contributed by atoms with E-state index in [1.807, 2.05) is 6.92 Å². The number of aryl methyl sites for hydroxylation is 1. The highest BCUT2D eigenvalue weighted by atomic mass is 16.2. The molecule has 1 aliphatic carbocycles. The number of hydrogen-bond donors (Lipinski definition) is 0. The van der Waals surface area contributed by atoms with Crippen molar-refractivity contribution < 1.29 is 4.79 Å². The first-order chi connectivity index (χ1) is 12.7. The van der Waals surface area contributed by atoms with Crippen molar-refractivity contribution in [3.05, 3.63) is 17.1 Å². The van der Waals surface area contributed by atoms with Crippen LogP contribution in [0.2, 0.25) is 0 Å². The average molecular weight is 357 g/mol. The number of rotatable bonds is 2. The molecule has 0 atom stereocenters. The summed E-state index contributed by atoms with van der Waals surface area (Å²) in [4.78, 5) is 27.2. The SMILES string of the molecule is Cc1nc2c(c(N3CCCCCC3)n1)CN(C(=O)C1CCCCC1)CC2. The summed E-state index contributed by atoms with van der Waals surface area (Å²) in [6, 6.07) is 0. The van der Waals surface area contributed by atoms with E-state index >= 15 is 0 Å². The molecule has 3 aliphatic rings. The van der Waals surface area contributed by atoms with Crippen molar-refractivity contribution in [2.45, 2.75) is 77.7 Å². The molecule has 2 aliphatic heterocycles. The Labute approximate surface area is 157 Å². The Bertz CT molecular complexity index is 646. The van der Waals surface area contributed by atoms with E-state index in [1.165, 1.54) is 56.2 Å². The molecule has 1 saturated carbocycles. The highest BCUT2D eigenvalue weighted by Gasteiger charge is 2.31. The van der Waals surface area contributed by atoms with Crippen LogP contribution in [0, 0.1) is 12.8 Å². The van der Waals surface area contributed by atoms with Gasteiger partial charge in [0.2, 0.25) is 5.91 Å². The van der Waals surface area contributed by atoms with E-state index in [1.54, 1.807) is 0 Å². The molecule has 2 fully saturated rings. The highest BCUT2D eigenvalue weighted by molar-refractivity contribution is 5.79. The van der Waals surface area contributed by atoms with Crippen molar-refractivity contribution in [3.8, 4) is 0 Å². The Morgan fingerprint density at radius 1 is 0.923 bits per heavy atom. The fraction of sp³-hybridized carbons (Fsp3) is 0.762. The van der Waals surface area contributed by atoms with Crippen LogP contribution in [-0.2, 0) is 17.8 Å². The van der Waals surface area contributed by atoms with E-state index in [-0.39, 0.29) is 5.92 Å². The molecule has 0 aromatic carbocycles. The van der Waals surface area contributed by atoms with Gasteiger partial charge in [-0.1, -0.05) is 32.1 Å². The first-order valence-corrected chi connectivity index (χ1v) is 10.6. The van der Waals surface area contributed by atoms with E-state index in [4.69, 9.17) is 9.97 Å². The van der Waals surface area contributed by atoms with Gasteiger partial charge in [0.15, 0.2) is 0 Å². The summed E-state index contributed by atoms with van der Waals surface area (Å²) in [6.07, 6.45) is 11.8. The highest BCUT2D eigenvalue weighted by Crippen LogP contribution is 2.31. The molecule has 0 spiro atoms. The van der Waals surface area contributed by atoms with Crippen molar-refractivity contribution in [1.29, 1.82) is 0 Å². The van der Waals surface area contributed by atoms with Gasteiger partial charge in [-0.15, -0.1) is 0 Å². The van der Waals surface area contributed by atoms with Crippen LogP contribution in [0.5, 0.6) is 0 Å². The van der Waals surface area contributed by atoms with Gasteiger partial charge in [-0.2, -0.15) is 0 Å². The smallest absolute Gasteiger partial charge is 0.225 e. The van der Waals surface area contributed by atoms with E-state index < -0.39 is 0 Å². The molecule has 0 unspecified atom stereocenters. The first kappa shape index (κ1) is 17.7. The second kappa shape index (κ2) is 7.93. The fourth-order valence-corrected chi connectivity index (χ4v) is 4.86. The van der Waals surface area contributed by atoms with Crippen LogP contribution in [0.15, 0.2) is 0 Å². The Balaban J connectivity index is 1.57. The van der Waals surface area contributed by atoms with Crippen LogP contribution in [0.4, 0.5) is 5.82 Å². The van der Waals surface area contributed by atoms with Gasteiger partial charge in [0.05, 0.1) is 12.2 Å². The lowest BCUT2D eigenvalue weighted by Gasteiger charge is -2.35. The zero-order valence-corrected chi connectivity index (χ0v) is 16.2. The lowest BCUT2D eigenvalue weighted by atomic mass is 9.87. The van der Waals surface area contributed by atoms with Crippen LogP contribution in [-0.4, -0.2) is 40.4 Å². The van der Waals surface area contributed by atoms with Gasteiger partial charge in [-0.3, -0.25) is 4.79 Å². The molecular weight excluding hydrogens is 324 g/mol. The molecule has 0 bridgehead atoms. The lowest BCUT2D eigenvalue weighted by Crippen LogP contribution is -2.41. The zero-order chi connectivity index (χ0) is 17.9. The second-order valence-corrected chi connectivity index (χ2v) is 8.27. The molecule has 5 nitrogen and oxygen atoms in total. The van der Waals surface area contributed by atoms with Gasteiger partial charge in [0.25, 0.3) is 0 Å². The average Bonchev–Trinajstić information content (AvgIpc) is 2.96. The van der Waals surface area contributed by atoms with Gasteiger partial charge in [-0.05, 0) is 32.6 Å². The van der Waals surface area contributed by atoms with Gasteiger partial charge >= 0.3 is 0 Å². The third kappa shape index (κ3) is 3.72. The number of carbonyl (C=O) groups is 1. The molecular formula is C21H32N4O. The van der Waals surface area contributed by atoms with E-state index in [9.17, 15) is 4.79 Å². The van der Waals surface area contributed by atoms with Crippen LogP contribution < -0.4 is 4.90 Å². The van der Waals surface area contributed by atoms with Gasteiger partial charge in [0, 0.05) is 37.5 Å². The molecule has 4 rings (SSSR count). The van der Waals surface area contributed by atoms with E-state index in [0.717, 1.165) is 50.5 Å². The Morgan fingerprint density at radius 3 is 2.35 bits per heavy atom. The lowest BCUT2D eigenvalue weighted by molar-refractivity contribution is -0.137. The molecule has 26 heavy (non-hydrogen) atoms. The molecule has 5 heteroatoms. The maximum Gasteiger partial charge on any atom is 0.225 e. The number of nitrogens with zero attached hydrogens (tertiary/aromatic N) is 4. The summed E-state index contributed by atoms with van der Waals surface area (Å²) in [6.45, 7) is 5.69. The first-order valence-electron chi connectivity index (χ1n) is 10.6. The summed E-state index contributed by atoms with van der Waals surface area (Å²) in [5.74, 6) is 2.60. The van der Waals surface area contributed by atoms with Gasteiger partial charge < -0.3 is 9.80 Å². The fourth-order valence-electron chi connectivity index (χ4n) is 4.86. The van der Waals surface area contributed by atoms with Crippen LogP contribution >= 0.6 is 0 Å². The summed E-state index contributed by atoms with van der Waals surface area (Å²) in [5.41, 5.74) is 2.39. The predicted octanol–water partition coefficient (Wildman–Crippen LogP) is 3.63. The molecule has 1 aromatic heterocycles. The maximum atomic E-state index is 13.0.